The Morgan fingerprint density at radius 3 is 3.00 bits per heavy atom. The fraction of sp³-hybridized carbons (Fsp3) is 0.250. The lowest BCUT2D eigenvalue weighted by Crippen LogP contribution is -2.06. The Labute approximate surface area is 75.0 Å². The van der Waals surface area contributed by atoms with Crippen LogP contribution >= 0.6 is 0 Å². The standard InChI is InChI=1S/C8H10N4O/c1-5(9)7-10-8(12-11-7)6-3-2-4-13-6/h2-5H,9H2,1H3,(H,10,11,12). The first-order valence-corrected chi connectivity index (χ1v) is 3.99. The van der Waals surface area contributed by atoms with Crippen molar-refractivity contribution in [3.05, 3.63) is 24.2 Å². The average Bonchev–Trinajstić information content (AvgIpc) is 2.75. The van der Waals surface area contributed by atoms with Crippen molar-refractivity contribution in [3.63, 3.8) is 0 Å². The van der Waals surface area contributed by atoms with Crippen molar-refractivity contribution >= 4 is 0 Å². The molecule has 13 heavy (non-hydrogen) atoms. The molecule has 0 aliphatic carbocycles. The summed E-state index contributed by atoms with van der Waals surface area (Å²) in [6.45, 7) is 1.84. The van der Waals surface area contributed by atoms with Crippen molar-refractivity contribution in [1.29, 1.82) is 0 Å². The van der Waals surface area contributed by atoms with E-state index >= 15 is 0 Å². The van der Waals surface area contributed by atoms with Gasteiger partial charge in [-0.15, -0.1) is 5.10 Å². The molecule has 0 bridgehead atoms. The van der Waals surface area contributed by atoms with E-state index in [1.165, 1.54) is 0 Å². The fourth-order valence-electron chi connectivity index (χ4n) is 0.994. The minimum Gasteiger partial charge on any atom is -0.461 e. The zero-order valence-corrected chi connectivity index (χ0v) is 7.19. The van der Waals surface area contributed by atoms with E-state index < -0.39 is 0 Å². The maximum atomic E-state index is 5.62. The molecule has 2 aromatic rings. The molecular formula is C8H10N4O. The van der Waals surface area contributed by atoms with Crippen molar-refractivity contribution in [2.75, 3.05) is 0 Å². The smallest absolute Gasteiger partial charge is 0.216 e. The van der Waals surface area contributed by atoms with Crippen LogP contribution in [0.3, 0.4) is 0 Å². The summed E-state index contributed by atoms with van der Waals surface area (Å²) in [6.07, 6.45) is 1.58. The Balaban J connectivity index is 2.33. The molecule has 2 heterocycles. The third kappa shape index (κ3) is 1.46. The number of nitrogens with two attached hydrogens (primary N) is 1. The highest BCUT2D eigenvalue weighted by Gasteiger charge is 2.09. The molecule has 0 aromatic carbocycles. The summed E-state index contributed by atoms with van der Waals surface area (Å²) in [5, 5.41) is 6.72. The van der Waals surface area contributed by atoms with Crippen LogP contribution < -0.4 is 5.73 Å². The quantitative estimate of drug-likeness (QED) is 0.721. The minimum atomic E-state index is -0.142. The SMILES string of the molecule is CC(N)c1nc(-c2ccco2)n[nH]1. The molecule has 5 heteroatoms. The zero-order chi connectivity index (χ0) is 9.26. The van der Waals surface area contributed by atoms with E-state index in [1.807, 2.05) is 6.92 Å². The minimum absolute atomic E-state index is 0.142. The van der Waals surface area contributed by atoms with Gasteiger partial charge in [0.2, 0.25) is 5.82 Å². The number of aromatic amines is 1. The van der Waals surface area contributed by atoms with Crippen LogP contribution in [-0.2, 0) is 0 Å². The summed E-state index contributed by atoms with van der Waals surface area (Å²) in [5.41, 5.74) is 5.62. The average molecular weight is 178 g/mol. The Morgan fingerprint density at radius 2 is 2.46 bits per heavy atom. The Kier molecular flexibility index (Phi) is 1.86. The molecule has 1 unspecified atom stereocenters. The Morgan fingerprint density at radius 1 is 1.62 bits per heavy atom. The molecule has 0 aliphatic heterocycles. The van der Waals surface area contributed by atoms with Crippen LogP contribution in [0.1, 0.15) is 18.8 Å². The van der Waals surface area contributed by atoms with Crippen molar-refractivity contribution in [2.45, 2.75) is 13.0 Å². The summed E-state index contributed by atoms with van der Waals surface area (Å²) in [7, 11) is 0. The number of hydrogen-bond acceptors (Lipinski definition) is 4. The van der Waals surface area contributed by atoms with Crippen LogP contribution in [0.2, 0.25) is 0 Å². The fourth-order valence-corrected chi connectivity index (χ4v) is 0.994. The summed E-state index contributed by atoms with van der Waals surface area (Å²) in [4.78, 5) is 4.17. The highest BCUT2D eigenvalue weighted by atomic mass is 16.3. The highest BCUT2D eigenvalue weighted by molar-refractivity contribution is 5.45. The molecule has 0 radical (unpaired) electrons. The van der Waals surface area contributed by atoms with Crippen molar-refractivity contribution in [2.24, 2.45) is 5.73 Å². The molecule has 0 saturated heterocycles. The second-order valence-corrected chi connectivity index (χ2v) is 2.81. The van der Waals surface area contributed by atoms with Gasteiger partial charge in [-0.05, 0) is 19.1 Å². The van der Waals surface area contributed by atoms with Crippen molar-refractivity contribution in [1.82, 2.24) is 15.2 Å². The van der Waals surface area contributed by atoms with Crippen LogP contribution in [0.5, 0.6) is 0 Å². The molecule has 2 rings (SSSR count). The first-order chi connectivity index (χ1) is 6.27. The summed E-state index contributed by atoms with van der Waals surface area (Å²) < 4.78 is 5.13. The van der Waals surface area contributed by atoms with Gasteiger partial charge < -0.3 is 10.2 Å². The van der Waals surface area contributed by atoms with Gasteiger partial charge in [-0.2, -0.15) is 0 Å². The normalized spacial score (nSPS) is 13.1. The van der Waals surface area contributed by atoms with E-state index in [4.69, 9.17) is 10.2 Å². The zero-order valence-electron chi connectivity index (χ0n) is 7.19. The number of nitrogens with one attached hydrogen (secondary N) is 1. The highest BCUT2D eigenvalue weighted by Crippen LogP contribution is 2.15. The van der Waals surface area contributed by atoms with E-state index in [0.29, 0.717) is 17.4 Å². The van der Waals surface area contributed by atoms with E-state index in [0.717, 1.165) is 0 Å². The largest absolute Gasteiger partial charge is 0.461 e. The van der Waals surface area contributed by atoms with E-state index in [-0.39, 0.29) is 6.04 Å². The van der Waals surface area contributed by atoms with Gasteiger partial charge in [0.05, 0.1) is 12.3 Å². The Hall–Kier alpha value is -1.62. The lowest BCUT2D eigenvalue weighted by Gasteiger charge is -1.95. The summed E-state index contributed by atoms with van der Waals surface area (Å²) in [5.74, 6) is 1.84. The predicted molar refractivity (Wildman–Crippen MR) is 46.7 cm³/mol. The van der Waals surface area contributed by atoms with Gasteiger partial charge in [-0.3, -0.25) is 5.10 Å². The topological polar surface area (TPSA) is 80.7 Å². The lowest BCUT2D eigenvalue weighted by atomic mass is 10.3. The number of hydrogen-bond donors (Lipinski definition) is 2. The van der Waals surface area contributed by atoms with Gasteiger partial charge in [0, 0.05) is 0 Å². The molecule has 5 nitrogen and oxygen atoms in total. The molecule has 0 spiro atoms. The number of furan rings is 1. The van der Waals surface area contributed by atoms with Crippen LogP contribution in [0.15, 0.2) is 22.8 Å². The van der Waals surface area contributed by atoms with Crippen LogP contribution in [0.25, 0.3) is 11.6 Å². The van der Waals surface area contributed by atoms with Crippen LogP contribution in [0, 0.1) is 0 Å². The summed E-state index contributed by atoms with van der Waals surface area (Å²) in [6, 6.07) is 3.45. The van der Waals surface area contributed by atoms with Gasteiger partial charge in [-0.1, -0.05) is 0 Å². The first kappa shape index (κ1) is 8.00. The third-order valence-corrected chi connectivity index (χ3v) is 1.68. The van der Waals surface area contributed by atoms with Gasteiger partial charge in [0.25, 0.3) is 0 Å². The molecule has 0 amide bonds. The maximum Gasteiger partial charge on any atom is 0.216 e. The molecular weight excluding hydrogens is 168 g/mol. The molecule has 68 valence electrons. The molecule has 0 aliphatic rings. The number of nitrogens with zero attached hydrogens (tertiary/aromatic N) is 2. The molecule has 0 saturated carbocycles. The Bertz CT molecular complexity index is 377. The number of aromatic nitrogens is 3. The molecule has 2 aromatic heterocycles. The molecule has 0 fully saturated rings. The van der Waals surface area contributed by atoms with Gasteiger partial charge in [0.1, 0.15) is 5.82 Å². The van der Waals surface area contributed by atoms with Crippen molar-refractivity contribution < 1.29 is 4.42 Å². The van der Waals surface area contributed by atoms with Gasteiger partial charge >= 0.3 is 0 Å². The second-order valence-electron chi connectivity index (χ2n) is 2.81. The molecule has 1 atom stereocenters. The van der Waals surface area contributed by atoms with E-state index in [1.54, 1.807) is 18.4 Å². The lowest BCUT2D eigenvalue weighted by molar-refractivity contribution is 0.577. The third-order valence-electron chi connectivity index (χ3n) is 1.68. The summed E-state index contributed by atoms with van der Waals surface area (Å²) >= 11 is 0. The number of H-pyrrole nitrogens is 1. The monoisotopic (exact) mass is 178 g/mol. The van der Waals surface area contributed by atoms with E-state index in [2.05, 4.69) is 15.2 Å². The number of rotatable bonds is 2. The van der Waals surface area contributed by atoms with Gasteiger partial charge in [-0.25, -0.2) is 4.98 Å². The van der Waals surface area contributed by atoms with E-state index in [9.17, 15) is 0 Å². The predicted octanol–water partition coefficient (Wildman–Crippen LogP) is 1.08. The van der Waals surface area contributed by atoms with Crippen molar-refractivity contribution in [3.8, 4) is 11.6 Å². The van der Waals surface area contributed by atoms with Crippen LogP contribution in [0.4, 0.5) is 0 Å². The van der Waals surface area contributed by atoms with Crippen LogP contribution in [-0.4, -0.2) is 15.2 Å². The first-order valence-electron chi connectivity index (χ1n) is 3.99. The second kappa shape index (κ2) is 3.02. The molecule has 3 N–H and O–H groups in total. The maximum absolute atomic E-state index is 5.62. The van der Waals surface area contributed by atoms with Gasteiger partial charge in [0.15, 0.2) is 5.76 Å².